The lowest BCUT2D eigenvalue weighted by molar-refractivity contribution is 0.0646. The summed E-state index contributed by atoms with van der Waals surface area (Å²) in [6.07, 6.45) is 0.177. The summed E-state index contributed by atoms with van der Waals surface area (Å²) in [4.78, 5) is 0. The molecule has 0 radical (unpaired) electrons. The van der Waals surface area contributed by atoms with Crippen LogP contribution in [0.25, 0.3) is 0 Å². The molecular formula is C9H14ClNO2. The summed E-state index contributed by atoms with van der Waals surface area (Å²) in [6, 6.07) is 3.19. The fraction of sp³-hybridized carbons (Fsp3) is 0.556. The van der Waals surface area contributed by atoms with Crippen molar-refractivity contribution in [1.29, 1.82) is 0 Å². The van der Waals surface area contributed by atoms with E-state index in [9.17, 15) is 0 Å². The van der Waals surface area contributed by atoms with Gasteiger partial charge in [0.15, 0.2) is 5.22 Å². The van der Waals surface area contributed by atoms with E-state index < -0.39 is 0 Å². The third kappa shape index (κ3) is 3.38. The average molecular weight is 204 g/mol. The van der Waals surface area contributed by atoms with Gasteiger partial charge >= 0.3 is 0 Å². The van der Waals surface area contributed by atoms with E-state index in [-0.39, 0.29) is 12.1 Å². The van der Waals surface area contributed by atoms with E-state index in [1.54, 1.807) is 12.1 Å². The van der Waals surface area contributed by atoms with Crippen molar-refractivity contribution in [3.8, 4) is 0 Å². The Bertz CT molecular complexity index is 260. The minimum atomic E-state index is -0.241. The Morgan fingerprint density at radius 3 is 2.69 bits per heavy atom. The molecule has 1 heterocycles. The molecule has 0 aromatic carbocycles. The molecule has 0 aliphatic rings. The van der Waals surface area contributed by atoms with Crippen LogP contribution >= 0.6 is 11.6 Å². The number of halogens is 1. The van der Waals surface area contributed by atoms with Gasteiger partial charge in [-0.1, -0.05) is 0 Å². The van der Waals surface area contributed by atoms with Crippen LogP contribution in [0.3, 0.4) is 0 Å². The third-order valence-electron chi connectivity index (χ3n) is 1.57. The monoisotopic (exact) mass is 203 g/mol. The number of nitrogens with two attached hydrogens (primary N) is 1. The molecule has 0 spiro atoms. The Morgan fingerprint density at radius 1 is 1.54 bits per heavy atom. The molecule has 74 valence electrons. The number of hydrogen-bond acceptors (Lipinski definition) is 3. The largest absolute Gasteiger partial charge is 0.448 e. The zero-order chi connectivity index (χ0) is 9.84. The molecule has 2 N–H and O–H groups in total. The van der Waals surface area contributed by atoms with Gasteiger partial charge in [-0.15, -0.1) is 0 Å². The Hall–Kier alpha value is -0.510. The first-order valence-electron chi connectivity index (χ1n) is 4.22. The molecule has 1 atom stereocenters. The maximum Gasteiger partial charge on any atom is 0.193 e. The molecule has 0 saturated heterocycles. The SMILES string of the molecule is CC(C)OCC(N)c1ccc(Cl)o1. The fourth-order valence-electron chi connectivity index (χ4n) is 0.906. The molecule has 0 aliphatic carbocycles. The van der Waals surface area contributed by atoms with E-state index in [0.717, 1.165) is 0 Å². The van der Waals surface area contributed by atoms with Crippen molar-refractivity contribution < 1.29 is 9.15 Å². The number of hydrogen-bond donors (Lipinski definition) is 1. The molecule has 0 aliphatic heterocycles. The second-order valence-corrected chi connectivity index (χ2v) is 3.50. The predicted molar refractivity (Wildman–Crippen MR) is 51.7 cm³/mol. The molecule has 3 nitrogen and oxygen atoms in total. The van der Waals surface area contributed by atoms with E-state index in [2.05, 4.69) is 0 Å². The van der Waals surface area contributed by atoms with E-state index in [4.69, 9.17) is 26.5 Å². The molecule has 0 amide bonds. The van der Waals surface area contributed by atoms with Crippen LogP contribution in [-0.2, 0) is 4.74 Å². The van der Waals surface area contributed by atoms with Crippen LogP contribution in [0.2, 0.25) is 5.22 Å². The van der Waals surface area contributed by atoms with Gasteiger partial charge in [-0.2, -0.15) is 0 Å². The molecule has 1 aromatic heterocycles. The second-order valence-electron chi connectivity index (χ2n) is 3.13. The Labute approximate surface area is 82.8 Å². The average Bonchev–Trinajstić information content (AvgIpc) is 2.47. The quantitative estimate of drug-likeness (QED) is 0.817. The van der Waals surface area contributed by atoms with Crippen molar-refractivity contribution in [3.05, 3.63) is 23.1 Å². The van der Waals surface area contributed by atoms with Crippen LogP contribution in [-0.4, -0.2) is 12.7 Å². The van der Waals surface area contributed by atoms with Gasteiger partial charge in [0.1, 0.15) is 5.76 Å². The maximum atomic E-state index is 5.78. The van der Waals surface area contributed by atoms with Gasteiger partial charge in [0.2, 0.25) is 0 Å². The fourth-order valence-corrected chi connectivity index (χ4v) is 1.06. The lowest BCUT2D eigenvalue weighted by Crippen LogP contribution is -2.18. The van der Waals surface area contributed by atoms with Crippen LogP contribution in [0.1, 0.15) is 25.6 Å². The summed E-state index contributed by atoms with van der Waals surface area (Å²) in [5.41, 5.74) is 5.78. The minimum Gasteiger partial charge on any atom is -0.448 e. The van der Waals surface area contributed by atoms with Crippen molar-refractivity contribution in [3.63, 3.8) is 0 Å². The summed E-state index contributed by atoms with van der Waals surface area (Å²) in [5, 5.41) is 0.356. The van der Waals surface area contributed by atoms with Crippen LogP contribution in [0.5, 0.6) is 0 Å². The molecule has 1 unspecified atom stereocenters. The van der Waals surface area contributed by atoms with E-state index in [1.807, 2.05) is 13.8 Å². The number of ether oxygens (including phenoxy) is 1. The first-order chi connectivity index (χ1) is 6.09. The summed E-state index contributed by atoms with van der Waals surface area (Å²) in [6.45, 7) is 4.37. The van der Waals surface area contributed by atoms with E-state index in [1.165, 1.54) is 0 Å². The van der Waals surface area contributed by atoms with Crippen molar-refractivity contribution in [2.75, 3.05) is 6.61 Å². The lowest BCUT2D eigenvalue weighted by Gasteiger charge is -2.11. The standard InChI is InChI=1S/C9H14ClNO2/c1-6(2)12-5-7(11)8-3-4-9(10)13-8/h3-4,6-7H,5,11H2,1-2H3. The van der Waals surface area contributed by atoms with E-state index >= 15 is 0 Å². The zero-order valence-corrected chi connectivity index (χ0v) is 8.54. The van der Waals surface area contributed by atoms with Crippen LogP contribution in [0, 0.1) is 0 Å². The zero-order valence-electron chi connectivity index (χ0n) is 7.79. The van der Waals surface area contributed by atoms with Crippen LogP contribution in [0.15, 0.2) is 16.5 Å². The molecular weight excluding hydrogens is 190 g/mol. The Morgan fingerprint density at radius 2 is 2.23 bits per heavy atom. The molecule has 0 saturated carbocycles. The first kappa shape index (κ1) is 10.6. The highest BCUT2D eigenvalue weighted by atomic mass is 35.5. The van der Waals surface area contributed by atoms with Gasteiger partial charge in [-0.25, -0.2) is 0 Å². The van der Waals surface area contributed by atoms with Crippen LogP contribution < -0.4 is 5.73 Å². The second kappa shape index (κ2) is 4.65. The summed E-state index contributed by atoms with van der Waals surface area (Å²) >= 11 is 5.60. The molecule has 4 heteroatoms. The van der Waals surface area contributed by atoms with Gasteiger partial charge in [-0.05, 0) is 37.6 Å². The summed E-state index contributed by atoms with van der Waals surface area (Å²) in [7, 11) is 0. The van der Waals surface area contributed by atoms with Crippen molar-refractivity contribution in [2.45, 2.75) is 26.0 Å². The van der Waals surface area contributed by atoms with Crippen molar-refractivity contribution in [1.82, 2.24) is 0 Å². The topological polar surface area (TPSA) is 48.4 Å². The molecule has 13 heavy (non-hydrogen) atoms. The molecule has 0 fully saturated rings. The molecule has 1 aromatic rings. The first-order valence-corrected chi connectivity index (χ1v) is 4.60. The number of rotatable bonds is 4. The highest BCUT2D eigenvalue weighted by Gasteiger charge is 2.11. The summed E-state index contributed by atoms with van der Waals surface area (Å²) < 4.78 is 10.5. The highest BCUT2D eigenvalue weighted by Crippen LogP contribution is 2.18. The van der Waals surface area contributed by atoms with Gasteiger partial charge in [-0.3, -0.25) is 0 Å². The third-order valence-corrected chi connectivity index (χ3v) is 1.77. The molecule has 1 rings (SSSR count). The lowest BCUT2D eigenvalue weighted by atomic mass is 10.2. The van der Waals surface area contributed by atoms with Gasteiger partial charge < -0.3 is 14.9 Å². The summed E-state index contributed by atoms with van der Waals surface area (Å²) in [5.74, 6) is 0.658. The van der Waals surface area contributed by atoms with Crippen molar-refractivity contribution in [2.24, 2.45) is 5.73 Å². The molecule has 0 bridgehead atoms. The van der Waals surface area contributed by atoms with Crippen LogP contribution in [0.4, 0.5) is 0 Å². The predicted octanol–water partition coefficient (Wildman–Crippen LogP) is 2.36. The smallest absolute Gasteiger partial charge is 0.193 e. The minimum absolute atomic E-state index is 0.177. The maximum absolute atomic E-state index is 5.78. The normalized spacial score (nSPS) is 13.6. The Kier molecular flexibility index (Phi) is 3.78. The Balaban J connectivity index is 2.44. The van der Waals surface area contributed by atoms with Crippen molar-refractivity contribution >= 4 is 11.6 Å². The van der Waals surface area contributed by atoms with E-state index in [0.29, 0.717) is 17.6 Å². The van der Waals surface area contributed by atoms with Gasteiger partial charge in [0.05, 0.1) is 18.8 Å². The van der Waals surface area contributed by atoms with Gasteiger partial charge in [0.25, 0.3) is 0 Å². The van der Waals surface area contributed by atoms with Gasteiger partial charge in [0, 0.05) is 0 Å². The highest BCUT2D eigenvalue weighted by molar-refractivity contribution is 6.28. The number of furan rings is 1.